The molecule has 0 aromatic heterocycles. The van der Waals surface area contributed by atoms with E-state index in [-0.39, 0.29) is 7.69 Å². The summed E-state index contributed by atoms with van der Waals surface area (Å²) in [7, 11) is 0.158. The molecule has 0 aliphatic heterocycles. The highest BCUT2D eigenvalue weighted by atomic mass is 16.5. The third-order valence-corrected chi connectivity index (χ3v) is 1.41. The van der Waals surface area contributed by atoms with Crippen LogP contribution in [0.2, 0.25) is 0 Å². The zero-order valence-corrected chi connectivity index (χ0v) is 7.66. The maximum absolute atomic E-state index is 8.70. The molecule has 75 valence electrons. The first kappa shape index (κ1) is 13.0. The molecule has 0 bridgehead atoms. The van der Waals surface area contributed by atoms with Gasteiger partial charge in [-0.25, -0.2) is 0 Å². The van der Waals surface area contributed by atoms with E-state index in [1.54, 1.807) is 31.4 Å². The molecule has 0 aliphatic carbocycles. The number of ether oxygens (including phenoxy) is 1. The first-order valence-electron chi connectivity index (χ1n) is 3.76. The van der Waals surface area contributed by atoms with Crippen LogP contribution in [0.5, 0.6) is 5.75 Å². The Bertz CT molecular complexity index is 238. The van der Waals surface area contributed by atoms with Crippen LogP contribution in [-0.4, -0.2) is 42.0 Å². The van der Waals surface area contributed by atoms with Gasteiger partial charge in [-0.05, 0) is 17.6 Å². The molecule has 7 heteroatoms. The minimum absolute atomic E-state index is 0. The first-order chi connectivity index (χ1) is 6.65. The average Bonchev–Trinajstić information content (AvgIpc) is 2.19. The van der Waals surface area contributed by atoms with Gasteiger partial charge >= 0.3 is 14.8 Å². The van der Waals surface area contributed by atoms with Crippen molar-refractivity contribution >= 4 is 20.3 Å². The Morgan fingerprint density at radius 1 is 1.14 bits per heavy atom. The van der Waals surface area contributed by atoms with Crippen LogP contribution in [0.25, 0.3) is 0 Å². The first-order valence-corrected chi connectivity index (χ1v) is 3.76. The monoisotopic (exact) mass is 197 g/mol. The Morgan fingerprint density at radius 3 is 1.86 bits per heavy atom. The highest BCUT2D eigenvalue weighted by Gasteiger charge is 2.09. The second-order valence-corrected chi connectivity index (χ2v) is 2.26. The van der Waals surface area contributed by atoms with Crippen molar-refractivity contribution < 1.29 is 24.8 Å². The van der Waals surface area contributed by atoms with Gasteiger partial charge in [-0.2, -0.15) is 0 Å². The van der Waals surface area contributed by atoms with E-state index in [9.17, 15) is 0 Å². The summed E-state index contributed by atoms with van der Waals surface area (Å²) in [5.41, 5.74) is 0.464. The third kappa shape index (κ3) is 4.88. The maximum atomic E-state index is 8.70. The molecule has 0 atom stereocenters. The van der Waals surface area contributed by atoms with Crippen molar-refractivity contribution in [2.45, 2.75) is 0 Å². The van der Waals surface area contributed by atoms with Crippen molar-refractivity contribution in [2.75, 3.05) is 7.11 Å². The predicted molar refractivity (Wildman–Crippen MR) is 53.0 cm³/mol. The molecule has 1 aromatic carbocycles. The Kier molecular flexibility index (Phi) is 6.87. The highest BCUT2D eigenvalue weighted by molar-refractivity contribution is 6.58. The molecule has 0 heterocycles. The Labute approximate surface area is 83.0 Å². The Balaban J connectivity index is 0.000000500. The normalized spacial score (nSPS) is 8.36. The Morgan fingerprint density at radius 2 is 1.57 bits per heavy atom. The van der Waals surface area contributed by atoms with E-state index >= 15 is 0 Å². The van der Waals surface area contributed by atoms with Crippen molar-refractivity contribution in [1.29, 1.82) is 0 Å². The lowest BCUT2D eigenvalue weighted by molar-refractivity contribution is 0.414. The van der Waals surface area contributed by atoms with Crippen molar-refractivity contribution in [3.63, 3.8) is 0 Å². The second-order valence-electron chi connectivity index (χ2n) is 2.26. The molecule has 1 aromatic rings. The molecule has 1 rings (SSSR count). The summed E-state index contributed by atoms with van der Waals surface area (Å²) in [6, 6.07) is 6.55. The van der Waals surface area contributed by atoms with Crippen molar-refractivity contribution in [1.82, 2.24) is 0 Å². The fourth-order valence-corrected chi connectivity index (χ4v) is 0.776. The van der Waals surface area contributed by atoms with Gasteiger partial charge in [0.05, 0.1) is 7.11 Å². The zero-order chi connectivity index (χ0) is 11.0. The molecule has 0 amide bonds. The van der Waals surface area contributed by atoms with Crippen molar-refractivity contribution in [3.8, 4) is 5.75 Å². The minimum atomic E-state index is -1.40. The topological polar surface area (TPSA) is 90.2 Å². The number of benzene rings is 1. The lowest BCUT2D eigenvalue weighted by Crippen LogP contribution is -2.29. The van der Waals surface area contributed by atoms with Gasteiger partial charge in [0.25, 0.3) is 0 Å². The molecule has 0 unspecified atom stereocenters. The Hall–Kier alpha value is -1.01. The van der Waals surface area contributed by atoms with Crippen LogP contribution in [-0.2, 0) is 0 Å². The summed E-state index contributed by atoms with van der Waals surface area (Å²) < 4.78 is 4.89. The fraction of sp³-hybridized carbons (Fsp3) is 0.143. The van der Waals surface area contributed by atoms with E-state index in [1.807, 2.05) is 0 Å². The molecule has 1 radical (unpaired) electrons. The van der Waals surface area contributed by atoms with E-state index in [0.717, 1.165) is 0 Å². The summed E-state index contributed by atoms with van der Waals surface area (Å²) in [5, 5.41) is 31.4. The van der Waals surface area contributed by atoms with Crippen LogP contribution < -0.4 is 10.2 Å². The molecular formula is C7H11B2O5. The molecule has 0 spiro atoms. The SMILES string of the molecule is COc1ccc(B(O)O)cc1.O[B]O. The molecule has 0 saturated carbocycles. The molecular weight excluding hydrogens is 186 g/mol. The standard InChI is InChI=1S/C7H9BO3.BH2O2/c1-11-7-4-2-6(3-5-7)8(9)10;2-1-3/h2-5,9-10H,1H3;2-3H. The van der Waals surface area contributed by atoms with Crippen LogP contribution in [0.3, 0.4) is 0 Å². The van der Waals surface area contributed by atoms with E-state index in [4.69, 9.17) is 24.8 Å². The quantitative estimate of drug-likeness (QED) is 0.407. The summed E-state index contributed by atoms with van der Waals surface area (Å²) in [6.07, 6.45) is 0. The summed E-state index contributed by atoms with van der Waals surface area (Å²) in [4.78, 5) is 0. The lowest BCUT2D eigenvalue weighted by atomic mass is 9.80. The van der Waals surface area contributed by atoms with Crippen molar-refractivity contribution in [2.24, 2.45) is 0 Å². The van der Waals surface area contributed by atoms with Crippen LogP contribution >= 0.6 is 0 Å². The molecule has 4 N–H and O–H groups in total. The number of hydrogen-bond acceptors (Lipinski definition) is 5. The largest absolute Gasteiger partial charge is 0.497 e. The van der Waals surface area contributed by atoms with Gasteiger partial charge in [-0.3, -0.25) is 0 Å². The minimum Gasteiger partial charge on any atom is -0.497 e. The van der Waals surface area contributed by atoms with E-state index in [1.165, 1.54) is 0 Å². The average molecular weight is 197 g/mol. The van der Waals surface area contributed by atoms with Gasteiger partial charge < -0.3 is 24.8 Å². The van der Waals surface area contributed by atoms with Gasteiger partial charge in [-0.1, -0.05) is 12.1 Å². The molecule has 0 fully saturated rings. The maximum Gasteiger partial charge on any atom is 0.488 e. The highest BCUT2D eigenvalue weighted by Crippen LogP contribution is 2.05. The second kappa shape index (κ2) is 7.40. The summed E-state index contributed by atoms with van der Waals surface area (Å²) in [5.74, 6) is 0.703. The van der Waals surface area contributed by atoms with Gasteiger partial charge in [-0.15, -0.1) is 0 Å². The van der Waals surface area contributed by atoms with Crippen LogP contribution in [0.4, 0.5) is 0 Å². The third-order valence-electron chi connectivity index (χ3n) is 1.41. The molecule has 0 saturated heterocycles. The van der Waals surface area contributed by atoms with E-state index in [2.05, 4.69) is 0 Å². The van der Waals surface area contributed by atoms with Crippen molar-refractivity contribution in [3.05, 3.63) is 24.3 Å². The predicted octanol–water partition coefficient (Wildman–Crippen LogP) is -2.12. The zero-order valence-electron chi connectivity index (χ0n) is 7.66. The van der Waals surface area contributed by atoms with Crippen LogP contribution in [0, 0.1) is 0 Å². The smallest absolute Gasteiger partial charge is 0.488 e. The summed E-state index contributed by atoms with van der Waals surface area (Å²) in [6.45, 7) is 0. The van der Waals surface area contributed by atoms with E-state index < -0.39 is 7.12 Å². The number of rotatable bonds is 2. The lowest BCUT2D eigenvalue weighted by Gasteiger charge is -2.00. The van der Waals surface area contributed by atoms with Gasteiger partial charge in [0.1, 0.15) is 5.75 Å². The number of hydrogen-bond donors (Lipinski definition) is 4. The fourth-order valence-electron chi connectivity index (χ4n) is 0.776. The number of methoxy groups -OCH3 is 1. The molecule has 14 heavy (non-hydrogen) atoms. The van der Waals surface area contributed by atoms with Gasteiger partial charge in [0, 0.05) is 0 Å². The van der Waals surface area contributed by atoms with Gasteiger partial charge in [0.15, 0.2) is 0 Å². The molecule has 5 nitrogen and oxygen atoms in total. The van der Waals surface area contributed by atoms with Crippen LogP contribution in [0.15, 0.2) is 24.3 Å². The molecule has 0 aliphatic rings. The van der Waals surface area contributed by atoms with Crippen LogP contribution in [0.1, 0.15) is 0 Å². The van der Waals surface area contributed by atoms with E-state index in [0.29, 0.717) is 11.2 Å². The van der Waals surface area contributed by atoms with Gasteiger partial charge in [0.2, 0.25) is 0 Å². The summed E-state index contributed by atoms with van der Waals surface area (Å²) >= 11 is 0.